The quantitative estimate of drug-likeness (QED) is 0.211. The van der Waals surface area contributed by atoms with E-state index in [2.05, 4.69) is 11.7 Å². The lowest BCUT2D eigenvalue weighted by atomic mass is 10.2. The fourth-order valence-electron chi connectivity index (χ4n) is 0.591. The van der Waals surface area contributed by atoms with Gasteiger partial charge in [-0.3, -0.25) is 0 Å². The molecule has 0 aromatic carbocycles. The van der Waals surface area contributed by atoms with Crippen molar-refractivity contribution in [2.75, 3.05) is 0 Å². The SMILES string of the molecule is C=C/C=C(\C=C/C)C(/N)=N/O. The number of rotatable bonds is 3. The number of allylic oxidation sites excluding steroid dienone is 3. The summed E-state index contributed by atoms with van der Waals surface area (Å²) in [7, 11) is 0. The van der Waals surface area contributed by atoms with Gasteiger partial charge in [0, 0.05) is 5.57 Å². The lowest BCUT2D eigenvalue weighted by Gasteiger charge is -1.95. The van der Waals surface area contributed by atoms with Crippen LogP contribution in [0.3, 0.4) is 0 Å². The van der Waals surface area contributed by atoms with Gasteiger partial charge < -0.3 is 10.9 Å². The van der Waals surface area contributed by atoms with Gasteiger partial charge in [-0.15, -0.1) is 0 Å². The maximum absolute atomic E-state index is 8.31. The summed E-state index contributed by atoms with van der Waals surface area (Å²) in [6, 6.07) is 0. The van der Waals surface area contributed by atoms with Crippen molar-refractivity contribution in [1.82, 2.24) is 0 Å². The van der Waals surface area contributed by atoms with Crippen molar-refractivity contribution in [2.45, 2.75) is 6.92 Å². The van der Waals surface area contributed by atoms with Crippen LogP contribution in [0.4, 0.5) is 0 Å². The van der Waals surface area contributed by atoms with E-state index in [1.165, 1.54) is 0 Å². The van der Waals surface area contributed by atoms with Gasteiger partial charge in [0.25, 0.3) is 0 Å². The first-order valence-electron chi connectivity index (χ1n) is 3.19. The third-order valence-corrected chi connectivity index (χ3v) is 1.05. The van der Waals surface area contributed by atoms with Gasteiger partial charge >= 0.3 is 0 Å². The van der Waals surface area contributed by atoms with E-state index in [1.54, 1.807) is 24.3 Å². The Morgan fingerprint density at radius 1 is 1.64 bits per heavy atom. The highest BCUT2D eigenvalue weighted by molar-refractivity contribution is 5.99. The van der Waals surface area contributed by atoms with Crippen molar-refractivity contribution in [1.29, 1.82) is 0 Å². The van der Waals surface area contributed by atoms with Crippen LogP contribution < -0.4 is 5.73 Å². The van der Waals surface area contributed by atoms with Crippen LogP contribution in [-0.4, -0.2) is 11.0 Å². The number of hydrogen-bond donors (Lipinski definition) is 2. The normalized spacial score (nSPS) is 13.9. The zero-order valence-corrected chi connectivity index (χ0v) is 6.49. The largest absolute Gasteiger partial charge is 0.409 e. The van der Waals surface area contributed by atoms with Gasteiger partial charge in [0.1, 0.15) is 0 Å². The van der Waals surface area contributed by atoms with Crippen LogP contribution in [0.5, 0.6) is 0 Å². The summed E-state index contributed by atoms with van der Waals surface area (Å²) in [5.74, 6) is 0.0861. The third kappa shape index (κ3) is 3.25. The topological polar surface area (TPSA) is 58.6 Å². The summed E-state index contributed by atoms with van der Waals surface area (Å²) in [5, 5.41) is 11.2. The molecule has 0 aliphatic rings. The fourth-order valence-corrected chi connectivity index (χ4v) is 0.591. The second-order valence-corrected chi connectivity index (χ2v) is 1.84. The number of hydrogen-bond acceptors (Lipinski definition) is 2. The molecule has 0 radical (unpaired) electrons. The molecule has 0 fully saturated rings. The minimum Gasteiger partial charge on any atom is -0.409 e. The summed E-state index contributed by atoms with van der Waals surface area (Å²) >= 11 is 0. The van der Waals surface area contributed by atoms with E-state index in [-0.39, 0.29) is 5.84 Å². The molecule has 0 unspecified atom stereocenters. The molecule has 0 atom stereocenters. The Kier molecular flexibility index (Phi) is 4.56. The molecule has 60 valence electrons. The monoisotopic (exact) mass is 152 g/mol. The summed E-state index contributed by atoms with van der Waals surface area (Å²) in [6.45, 7) is 5.35. The molecule has 0 amide bonds. The number of nitrogens with two attached hydrogens (primary N) is 1. The van der Waals surface area contributed by atoms with Crippen molar-refractivity contribution >= 4 is 5.84 Å². The lowest BCUT2D eigenvalue weighted by molar-refractivity contribution is 0.318. The highest BCUT2D eigenvalue weighted by Crippen LogP contribution is 1.96. The smallest absolute Gasteiger partial charge is 0.170 e. The Morgan fingerprint density at radius 3 is 2.64 bits per heavy atom. The first kappa shape index (κ1) is 9.49. The second-order valence-electron chi connectivity index (χ2n) is 1.84. The molecular weight excluding hydrogens is 140 g/mol. The Balaban J connectivity index is 4.61. The first-order valence-corrected chi connectivity index (χ1v) is 3.19. The average Bonchev–Trinajstić information content (AvgIpc) is 2.03. The zero-order chi connectivity index (χ0) is 8.69. The van der Waals surface area contributed by atoms with Crippen molar-refractivity contribution in [3.8, 4) is 0 Å². The Morgan fingerprint density at radius 2 is 2.27 bits per heavy atom. The van der Waals surface area contributed by atoms with Crippen LogP contribution in [0, 0.1) is 0 Å². The fraction of sp³-hybridized carbons (Fsp3) is 0.125. The minimum atomic E-state index is 0.0861. The third-order valence-electron chi connectivity index (χ3n) is 1.05. The highest BCUT2D eigenvalue weighted by Gasteiger charge is 1.95. The molecule has 0 spiro atoms. The molecule has 0 aromatic heterocycles. The van der Waals surface area contributed by atoms with Gasteiger partial charge in [0.2, 0.25) is 0 Å². The predicted octanol–water partition coefficient (Wildman–Crippen LogP) is 1.42. The molecule has 0 bridgehead atoms. The molecular formula is C8H12N2O. The molecule has 3 N–H and O–H groups in total. The minimum absolute atomic E-state index is 0.0861. The predicted molar refractivity (Wildman–Crippen MR) is 46.5 cm³/mol. The van der Waals surface area contributed by atoms with E-state index in [0.717, 1.165) is 0 Å². The van der Waals surface area contributed by atoms with Crippen LogP contribution in [0.2, 0.25) is 0 Å². The highest BCUT2D eigenvalue weighted by atomic mass is 16.4. The maximum Gasteiger partial charge on any atom is 0.170 e. The van der Waals surface area contributed by atoms with E-state index in [1.807, 2.05) is 6.92 Å². The van der Waals surface area contributed by atoms with Gasteiger partial charge in [0.15, 0.2) is 5.84 Å². The summed E-state index contributed by atoms with van der Waals surface area (Å²) < 4.78 is 0. The molecule has 0 aliphatic carbocycles. The van der Waals surface area contributed by atoms with Gasteiger partial charge in [-0.25, -0.2) is 0 Å². The van der Waals surface area contributed by atoms with E-state index >= 15 is 0 Å². The zero-order valence-electron chi connectivity index (χ0n) is 6.49. The molecule has 0 saturated heterocycles. The summed E-state index contributed by atoms with van der Waals surface area (Å²) in [5.41, 5.74) is 5.97. The Bertz CT molecular complexity index is 214. The van der Waals surface area contributed by atoms with Gasteiger partial charge in [-0.05, 0) is 6.92 Å². The number of oxime groups is 1. The number of amidine groups is 1. The van der Waals surface area contributed by atoms with E-state index in [9.17, 15) is 0 Å². The average molecular weight is 152 g/mol. The standard InChI is InChI=1S/C8H12N2O/c1-3-5-7(6-4-2)8(9)10-11/h3-6,11H,1H2,2H3,(H2,9,10)/b6-4-,7-5+. The van der Waals surface area contributed by atoms with Crippen LogP contribution in [0.25, 0.3) is 0 Å². The van der Waals surface area contributed by atoms with Crippen LogP contribution >= 0.6 is 0 Å². The number of nitrogens with zero attached hydrogens (tertiary/aromatic N) is 1. The molecule has 3 nitrogen and oxygen atoms in total. The maximum atomic E-state index is 8.31. The van der Waals surface area contributed by atoms with Crippen LogP contribution in [0.1, 0.15) is 6.92 Å². The van der Waals surface area contributed by atoms with Crippen molar-refractivity contribution < 1.29 is 5.21 Å². The Hall–Kier alpha value is -1.51. The molecule has 0 aromatic rings. The summed E-state index contributed by atoms with van der Waals surface area (Å²) in [6.07, 6.45) is 6.77. The van der Waals surface area contributed by atoms with Crippen molar-refractivity contribution in [3.63, 3.8) is 0 Å². The first-order chi connectivity index (χ1) is 5.26. The van der Waals surface area contributed by atoms with E-state index < -0.39 is 0 Å². The summed E-state index contributed by atoms with van der Waals surface area (Å²) in [4.78, 5) is 0. The molecule has 11 heavy (non-hydrogen) atoms. The molecule has 3 heteroatoms. The van der Waals surface area contributed by atoms with Gasteiger partial charge in [0.05, 0.1) is 0 Å². The lowest BCUT2D eigenvalue weighted by Crippen LogP contribution is -2.13. The second kappa shape index (κ2) is 5.29. The molecule has 0 rings (SSSR count). The van der Waals surface area contributed by atoms with E-state index in [4.69, 9.17) is 10.9 Å². The van der Waals surface area contributed by atoms with E-state index in [0.29, 0.717) is 5.57 Å². The molecule has 0 saturated carbocycles. The van der Waals surface area contributed by atoms with Crippen LogP contribution in [-0.2, 0) is 0 Å². The molecule has 0 aliphatic heterocycles. The van der Waals surface area contributed by atoms with Crippen LogP contribution in [0.15, 0.2) is 41.6 Å². The van der Waals surface area contributed by atoms with Gasteiger partial charge in [-0.2, -0.15) is 0 Å². The van der Waals surface area contributed by atoms with Crippen molar-refractivity contribution in [2.24, 2.45) is 10.9 Å². The Labute approximate surface area is 66.2 Å². The van der Waals surface area contributed by atoms with Gasteiger partial charge in [-0.1, -0.05) is 36.0 Å². The molecule has 0 heterocycles. The van der Waals surface area contributed by atoms with Crippen molar-refractivity contribution in [3.05, 3.63) is 36.5 Å².